The van der Waals surface area contributed by atoms with Gasteiger partial charge in [-0.2, -0.15) is 0 Å². The van der Waals surface area contributed by atoms with Gasteiger partial charge in [-0.25, -0.2) is 9.78 Å². The number of pyridine rings is 1. The van der Waals surface area contributed by atoms with Gasteiger partial charge in [-0.1, -0.05) is 17.7 Å². The Morgan fingerprint density at radius 2 is 1.96 bits per heavy atom. The maximum Gasteiger partial charge on any atom is 0.338 e. The highest BCUT2D eigenvalue weighted by Crippen LogP contribution is 2.51. The Labute approximate surface area is 278 Å². The Morgan fingerprint density at radius 3 is 2.68 bits per heavy atom. The number of hydrogen-bond acceptors (Lipinski definition) is 10. The fourth-order valence-electron chi connectivity index (χ4n) is 7.53. The third-order valence-corrected chi connectivity index (χ3v) is 10.3. The first kappa shape index (κ1) is 30.3. The second kappa shape index (κ2) is 11.9. The summed E-state index contributed by atoms with van der Waals surface area (Å²) < 4.78 is 31.9. The number of imidazole rings is 1. The molecule has 0 amide bonds. The van der Waals surface area contributed by atoms with Gasteiger partial charge in [0.1, 0.15) is 22.8 Å². The number of piperazine rings is 1. The lowest BCUT2D eigenvalue weighted by Gasteiger charge is -2.54. The molecule has 8 rings (SSSR count). The van der Waals surface area contributed by atoms with E-state index >= 15 is 0 Å². The molecule has 5 heterocycles. The zero-order valence-electron chi connectivity index (χ0n) is 26.8. The van der Waals surface area contributed by atoms with Crippen LogP contribution < -0.4 is 19.1 Å². The molecule has 246 valence electrons. The van der Waals surface area contributed by atoms with Gasteiger partial charge in [0.2, 0.25) is 0 Å². The second-order valence-corrected chi connectivity index (χ2v) is 13.2. The number of hydrogen-bond donors (Lipinski definition) is 0. The number of ether oxygens (including phenoxy) is 5. The molecular weight excluding hydrogens is 622 g/mol. The van der Waals surface area contributed by atoms with E-state index in [2.05, 4.69) is 25.4 Å². The molecule has 1 aliphatic carbocycles. The second-order valence-electron chi connectivity index (χ2n) is 12.8. The van der Waals surface area contributed by atoms with Crippen LogP contribution in [0.1, 0.15) is 54.5 Å². The molecule has 4 aromatic rings. The Hall–Kier alpha value is -4.06. The summed E-state index contributed by atoms with van der Waals surface area (Å²) in [5.41, 5.74) is 3.74. The van der Waals surface area contributed by atoms with Crippen LogP contribution >= 0.6 is 11.6 Å². The van der Waals surface area contributed by atoms with Gasteiger partial charge in [-0.15, -0.1) is 0 Å². The van der Waals surface area contributed by atoms with E-state index in [9.17, 15) is 4.79 Å². The molecule has 0 bridgehead atoms. The lowest BCUT2D eigenvalue weighted by Crippen LogP contribution is -2.64. The molecule has 2 saturated heterocycles. The number of anilines is 1. The molecule has 11 nitrogen and oxygen atoms in total. The van der Waals surface area contributed by atoms with Crippen LogP contribution in [0.15, 0.2) is 48.7 Å². The molecule has 4 aliphatic rings. The SMILES string of the molecule is COC(=O)c1cc(OC)c2nc(CN3CCN(c4cccc5c4OC(C)(c4ccc(Cl)cn4)O5)[C@H]4CC[C@H]43)n(C[C@@H]3CCCO3)c2c1. The van der Waals surface area contributed by atoms with Gasteiger partial charge in [0.15, 0.2) is 11.5 Å². The zero-order chi connectivity index (χ0) is 32.3. The van der Waals surface area contributed by atoms with Crippen LogP contribution in [-0.4, -0.2) is 77.5 Å². The predicted octanol–water partition coefficient (Wildman–Crippen LogP) is 5.56. The molecule has 0 N–H and O–H groups in total. The summed E-state index contributed by atoms with van der Waals surface area (Å²) in [4.78, 5) is 27.2. The zero-order valence-corrected chi connectivity index (χ0v) is 27.5. The number of carbonyl (C=O) groups excluding carboxylic acids is 1. The molecule has 2 aromatic heterocycles. The van der Waals surface area contributed by atoms with E-state index in [4.69, 9.17) is 40.3 Å². The van der Waals surface area contributed by atoms with E-state index < -0.39 is 11.8 Å². The molecule has 0 spiro atoms. The van der Waals surface area contributed by atoms with Gasteiger partial charge in [-0.05, 0) is 62.1 Å². The molecule has 1 saturated carbocycles. The summed E-state index contributed by atoms with van der Waals surface area (Å²) in [6, 6.07) is 14.0. The largest absolute Gasteiger partial charge is 0.494 e. The summed E-state index contributed by atoms with van der Waals surface area (Å²) in [6.07, 6.45) is 5.94. The number of para-hydroxylation sites is 1. The number of benzene rings is 2. The Morgan fingerprint density at radius 1 is 1.09 bits per heavy atom. The van der Waals surface area contributed by atoms with Crippen LogP contribution in [-0.2, 0) is 28.4 Å². The molecule has 12 heteroatoms. The minimum atomic E-state index is -1.04. The number of methoxy groups -OCH3 is 2. The van der Waals surface area contributed by atoms with Crippen LogP contribution in [0.5, 0.6) is 17.2 Å². The van der Waals surface area contributed by atoms with E-state index in [-0.39, 0.29) is 6.10 Å². The number of halogens is 1. The first-order valence-corrected chi connectivity index (χ1v) is 16.6. The maximum absolute atomic E-state index is 12.6. The summed E-state index contributed by atoms with van der Waals surface area (Å²) in [6.45, 7) is 5.70. The average molecular weight is 660 g/mol. The fraction of sp³-hybridized carbons (Fsp3) is 0.457. The van der Waals surface area contributed by atoms with Gasteiger partial charge in [-0.3, -0.25) is 9.88 Å². The molecule has 3 aliphatic heterocycles. The highest BCUT2D eigenvalue weighted by Gasteiger charge is 2.47. The maximum atomic E-state index is 12.6. The van der Waals surface area contributed by atoms with Gasteiger partial charge < -0.3 is 33.2 Å². The summed E-state index contributed by atoms with van der Waals surface area (Å²) in [7, 11) is 3.00. The first-order chi connectivity index (χ1) is 22.8. The van der Waals surface area contributed by atoms with Gasteiger partial charge in [0, 0.05) is 44.9 Å². The van der Waals surface area contributed by atoms with Crippen molar-refractivity contribution in [2.45, 2.75) is 69.7 Å². The topological polar surface area (TPSA) is 100 Å². The number of fused-ring (bicyclic) bond motifs is 3. The standard InChI is InChI=1S/C35H38ClN5O6/c1-35(30-12-9-22(36)18-37-30)46-28-8-4-7-26(33(28)47-35)40-14-13-39(24-10-11-25(24)40)20-31-38-32-27(41(31)19-23-6-5-15-45-23)16-21(34(42)44-3)17-29(32)43-2/h4,7-9,12,16-18,23-25H,5-6,10-11,13-15,19-20H2,1-3H3/t23-,24+,25-,35?/m0/s1. The van der Waals surface area contributed by atoms with E-state index in [1.807, 2.05) is 31.2 Å². The van der Waals surface area contributed by atoms with Crippen LogP contribution in [0.4, 0.5) is 5.69 Å². The molecule has 0 radical (unpaired) electrons. The summed E-state index contributed by atoms with van der Waals surface area (Å²) in [5.74, 6) is 1.51. The molecule has 3 fully saturated rings. The fourth-order valence-corrected chi connectivity index (χ4v) is 7.65. The quantitative estimate of drug-likeness (QED) is 0.224. The van der Waals surface area contributed by atoms with Crippen molar-refractivity contribution in [1.82, 2.24) is 19.4 Å². The third-order valence-electron chi connectivity index (χ3n) is 10.1. The van der Waals surface area contributed by atoms with Crippen molar-refractivity contribution in [1.29, 1.82) is 0 Å². The van der Waals surface area contributed by atoms with E-state index in [0.717, 1.165) is 73.7 Å². The van der Waals surface area contributed by atoms with Crippen molar-refractivity contribution in [3.63, 3.8) is 0 Å². The highest BCUT2D eigenvalue weighted by molar-refractivity contribution is 6.30. The molecule has 47 heavy (non-hydrogen) atoms. The van der Waals surface area contributed by atoms with Crippen LogP contribution in [0.25, 0.3) is 11.0 Å². The smallest absolute Gasteiger partial charge is 0.338 e. The van der Waals surface area contributed by atoms with Crippen molar-refractivity contribution in [3.8, 4) is 17.2 Å². The minimum absolute atomic E-state index is 0.100. The normalized spacial score (nSPS) is 25.1. The number of carbonyl (C=O) groups is 1. The lowest BCUT2D eigenvalue weighted by molar-refractivity contribution is -0.0717. The first-order valence-electron chi connectivity index (χ1n) is 16.3. The monoisotopic (exact) mass is 659 g/mol. The number of nitrogens with zero attached hydrogens (tertiary/aromatic N) is 5. The van der Waals surface area contributed by atoms with Crippen LogP contribution in [0.3, 0.4) is 0 Å². The van der Waals surface area contributed by atoms with Crippen molar-refractivity contribution in [3.05, 3.63) is 70.8 Å². The number of aromatic nitrogens is 3. The van der Waals surface area contributed by atoms with Crippen molar-refractivity contribution < 1.29 is 28.5 Å². The average Bonchev–Trinajstić information content (AvgIpc) is 3.79. The van der Waals surface area contributed by atoms with E-state index in [1.165, 1.54) is 7.11 Å². The summed E-state index contributed by atoms with van der Waals surface area (Å²) in [5, 5.41) is 0.565. The molecule has 2 aromatic carbocycles. The lowest BCUT2D eigenvalue weighted by atomic mass is 9.81. The Kier molecular flexibility index (Phi) is 7.65. The van der Waals surface area contributed by atoms with Crippen molar-refractivity contribution in [2.24, 2.45) is 0 Å². The van der Waals surface area contributed by atoms with Crippen LogP contribution in [0.2, 0.25) is 5.02 Å². The number of esters is 1. The van der Waals surface area contributed by atoms with Crippen LogP contribution in [0, 0.1) is 0 Å². The van der Waals surface area contributed by atoms with E-state index in [0.29, 0.717) is 53.0 Å². The van der Waals surface area contributed by atoms with Crippen molar-refractivity contribution >= 4 is 34.3 Å². The third kappa shape index (κ3) is 5.25. The highest BCUT2D eigenvalue weighted by atomic mass is 35.5. The Balaban J connectivity index is 1.07. The minimum Gasteiger partial charge on any atom is -0.494 e. The van der Waals surface area contributed by atoms with Gasteiger partial charge >= 0.3 is 5.97 Å². The Bertz CT molecular complexity index is 1830. The van der Waals surface area contributed by atoms with Gasteiger partial charge in [0.25, 0.3) is 5.79 Å². The predicted molar refractivity (Wildman–Crippen MR) is 175 cm³/mol. The summed E-state index contributed by atoms with van der Waals surface area (Å²) >= 11 is 6.09. The van der Waals surface area contributed by atoms with Gasteiger partial charge in [0.05, 0.1) is 55.2 Å². The molecular formula is C35H38ClN5O6. The molecule has 1 unspecified atom stereocenters. The molecule has 4 atom stereocenters. The number of rotatable bonds is 8. The van der Waals surface area contributed by atoms with Crippen molar-refractivity contribution in [2.75, 3.05) is 38.8 Å². The van der Waals surface area contributed by atoms with E-state index in [1.54, 1.807) is 25.4 Å².